The molecule has 0 radical (unpaired) electrons. The van der Waals surface area contributed by atoms with E-state index < -0.39 is 19.8 Å². The Morgan fingerprint density at radius 1 is 0.719 bits per heavy atom. The van der Waals surface area contributed by atoms with Gasteiger partial charge in [0.2, 0.25) is 0 Å². The van der Waals surface area contributed by atoms with Crippen molar-refractivity contribution in [3.63, 3.8) is 0 Å². The average Bonchev–Trinajstić information content (AvgIpc) is 3.24. The Balaban J connectivity index is 1.49. The number of para-hydroxylation sites is 1. The van der Waals surface area contributed by atoms with Crippen LogP contribution in [0.15, 0.2) is 95.2 Å². The number of fused-ring (bicyclic) bond motifs is 1. The molecule has 5 heteroatoms. The summed E-state index contributed by atoms with van der Waals surface area (Å²) >= 11 is -2.32. The van der Waals surface area contributed by atoms with Crippen molar-refractivity contribution in [2.75, 3.05) is 14.2 Å². The second kappa shape index (κ2) is 9.08. The molecular weight excluding hydrogens is 505 g/mol. The first-order valence-electron chi connectivity index (χ1n) is 10.4. The molecule has 0 saturated heterocycles. The van der Waals surface area contributed by atoms with Crippen molar-refractivity contribution in [2.24, 2.45) is 0 Å². The van der Waals surface area contributed by atoms with Crippen LogP contribution in [-0.4, -0.2) is 39.0 Å². The summed E-state index contributed by atoms with van der Waals surface area (Å²) in [4.78, 5) is 4.81. The van der Waals surface area contributed by atoms with Gasteiger partial charge < -0.3 is 0 Å². The van der Waals surface area contributed by atoms with Crippen LogP contribution in [0.1, 0.15) is 11.1 Å². The SMILES string of the molecule is COc1ccc(C2=[CH][Sn+]([c]3ccc(Oc4ccccc4)cc3)[c]3ncccc32)cc1OC. The number of hydrogen-bond donors (Lipinski definition) is 0. The summed E-state index contributed by atoms with van der Waals surface area (Å²) in [5, 5.41) is 0. The third-order valence-corrected chi connectivity index (χ3v) is 12.4. The molecule has 0 bridgehead atoms. The van der Waals surface area contributed by atoms with Crippen molar-refractivity contribution in [2.45, 2.75) is 0 Å². The van der Waals surface area contributed by atoms with Crippen LogP contribution in [-0.2, 0) is 0 Å². The van der Waals surface area contributed by atoms with Crippen LogP contribution in [0.25, 0.3) is 5.57 Å². The Morgan fingerprint density at radius 2 is 1.47 bits per heavy atom. The monoisotopic (exact) mass is 528 g/mol. The number of hydrogen-bond acceptors (Lipinski definition) is 4. The molecule has 2 heterocycles. The summed E-state index contributed by atoms with van der Waals surface area (Å²) in [5.74, 6) is 3.14. The first kappa shape index (κ1) is 20.6. The van der Waals surface area contributed by atoms with Crippen molar-refractivity contribution in [3.05, 3.63) is 106 Å². The van der Waals surface area contributed by atoms with E-state index in [4.69, 9.17) is 19.2 Å². The molecule has 0 saturated carbocycles. The predicted molar refractivity (Wildman–Crippen MR) is 129 cm³/mol. The first-order chi connectivity index (χ1) is 15.8. The predicted octanol–water partition coefficient (Wildman–Crippen LogP) is 4.48. The van der Waals surface area contributed by atoms with Crippen molar-refractivity contribution < 1.29 is 14.2 Å². The van der Waals surface area contributed by atoms with Crippen molar-refractivity contribution in [1.29, 1.82) is 0 Å². The van der Waals surface area contributed by atoms with Crippen LogP contribution in [0, 0.1) is 0 Å². The van der Waals surface area contributed by atoms with Gasteiger partial charge in [-0.2, -0.15) is 0 Å². The second-order valence-electron chi connectivity index (χ2n) is 7.38. The van der Waals surface area contributed by atoms with Gasteiger partial charge in [-0.05, 0) is 0 Å². The molecule has 32 heavy (non-hydrogen) atoms. The van der Waals surface area contributed by atoms with E-state index in [9.17, 15) is 0 Å². The molecule has 5 rings (SSSR count). The molecule has 1 aliphatic heterocycles. The van der Waals surface area contributed by atoms with E-state index in [0.29, 0.717) is 0 Å². The third-order valence-electron chi connectivity index (χ3n) is 5.48. The topological polar surface area (TPSA) is 40.6 Å². The molecule has 0 unspecified atom stereocenters. The third kappa shape index (κ3) is 3.98. The summed E-state index contributed by atoms with van der Waals surface area (Å²) in [6, 6.07) is 28.6. The second-order valence-corrected chi connectivity index (χ2v) is 13.6. The van der Waals surface area contributed by atoms with Crippen molar-refractivity contribution in [1.82, 2.24) is 4.98 Å². The van der Waals surface area contributed by atoms with Gasteiger partial charge in [-0.25, -0.2) is 0 Å². The number of pyridine rings is 1. The number of rotatable bonds is 6. The van der Waals surface area contributed by atoms with Gasteiger partial charge in [-0.1, -0.05) is 0 Å². The molecule has 1 aliphatic rings. The zero-order valence-corrected chi connectivity index (χ0v) is 20.8. The minimum absolute atomic E-state index is 0.731. The Labute approximate surface area is 194 Å². The Morgan fingerprint density at radius 3 is 2.22 bits per heavy atom. The first-order valence-corrected chi connectivity index (χ1v) is 14.9. The summed E-state index contributed by atoms with van der Waals surface area (Å²) < 4.78 is 22.0. The van der Waals surface area contributed by atoms with Crippen LogP contribution in [0.2, 0.25) is 0 Å². The van der Waals surface area contributed by atoms with E-state index in [1.165, 1.54) is 18.4 Å². The normalized spacial score (nSPS) is 12.2. The fourth-order valence-electron chi connectivity index (χ4n) is 3.92. The summed E-state index contributed by atoms with van der Waals surface area (Å²) in [6.45, 7) is 0. The molecule has 0 atom stereocenters. The fraction of sp³-hybridized carbons (Fsp3) is 0.0741. The zero-order chi connectivity index (χ0) is 21.9. The number of methoxy groups -OCH3 is 2. The molecule has 3 aromatic carbocycles. The van der Waals surface area contributed by atoms with Crippen LogP contribution in [0.3, 0.4) is 0 Å². The molecule has 1 aromatic heterocycles. The molecule has 0 aliphatic carbocycles. The average molecular weight is 527 g/mol. The molecule has 0 fully saturated rings. The van der Waals surface area contributed by atoms with Crippen LogP contribution >= 0.6 is 0 Å². The maximum atomic E-state index is 5.97. The van der Waals surface area contributed by atoms with Gasteiger partial charge in [0.25, 0.3) is 0 Å². The van der Waals surface area contributed by atoms with E-state index >= 15 is 0 Å². The fourth-order valence-corrected chi connectivity index (χ4v) is 10.9. The number of benzene rings is 3. The number of ether oxygens (including phenoxy) is 3. The Kier molecular flexibility index (Phi) is 5.86. The number of aromatic nitrogens is 1. The summed E-state index contributed by atoms with van der Waals surface area (Å²) in [6.07, 6.45) is 1.90. The van der Waals surface area contributed by atoms with E-state index in [0.717, 1.165) is 28.6 Å². The molecule has 4 nitrogen and oxygen atoms in total. The van der Waals surface area contributed by atoms with Gasteiger partial charge in [-0.3, -0.25) is 0 Å². The van der Waals surface area contributed by atoms with Gasteiger partial charge in [0.05, 0.1) is 0 Å². The number of nitrogens with zero attached hydrogens (tertiary/aromatic N) is 1. The maximum absolute atomic E-state index is 5.97. The quantitative estimate of drug-likeness (QED) is 0.347. The van der Waals surface area contributed by atoms with Crippen LogP contribution in [0.5, 0.6) is 23.0 Å². The molecule has 0 N–H and O–H groups in total. The van der Waals surface area contributed by atoms with Crippen LogP contribution < -0.4 is 21.5 Å². The summed E-state index contributed by atoms with van der Waals surface area (Å²) in [7, 11) is 3.32. The van der Waals surface area contributed by atoms with Gasteiger partial charge in [-0.15, -0.1) is 0 Å². The molecule has 4 aromatic rings. The molecule has 0 spiro atoms. The Hall–Kier alpha value is -3.25. The molecular formula is C27H22NO3Sn+. The Bertz CT molecular complexity index is 1270. The zero-order valence-electron chi connectivity index (χ0n) is 17.9. The van der Waals surface area contributed by atoms with Gasteiger partial charge in [0, 0.05) is 0 Å². The molecule has 0 amide bonds. The van der Waals surface area contributed by atoms with Crippen molar-refractivity contribution >= 4 is 32.6 Å². The van der Waals surface area contributed by atoms with E-state index in [1.807, 2.05) is 54.7 Å². The van der Waals surface area contributed by atoms with Gasteiger partial charge in [0.15, 0.2) is 0 Å². The van der Waals surface area contributed by atoms with Gasteiger partial charge in [0.1, 0.15) is 0 Å². The minimum atomic E-state index is -2.32. The van der Waals surface area contributed by atoms with E-state index in [-0.39, 0.29) is 0 Å². The van der Waals surface area contributed by atoms with E-state index in [1.54, 1.807) is 14.2 Å². The summed E-state index contributed by atoms with van der Waals surface area (Å²) in [5.41, 5.74) is 3.57. The van der Waals surface area contributed by atoms with Gasteiger partial charge >= 0.3 is 195 Å². The van der Waals surface area contributed by atoms with Crippen molar-refractivity contribution in [3.8, 4) is 23.0 Å². The van der Waals surface area contributed by atoms with Crippen LogP contribution in [0.4, 0.5) is 0 Å². The molecule has 156 valence electrons. The van der Waals surface area contributed by atoms with E-state index in [2.05, 4.69) is 40.5 Å². The standard InChI is InChI=1S/C15H13NO2.C12H9O.Sn/c1-11(13-5-4-8-16-10-13)12-6-7-14(17-2)15(9-12)18-3;1-3-7-11(8-4-1)13-12-9-5-2-6-10-12;/h1,4-9H,2-3H3;1,3-10H;/q;;+1.